The third kappa shape index (κ3) is 4.36. The highest BCUT2D eigenvalue weighted by molar-refractivity contribution is 8.01. The highest BCUT2D eigenvalue weighted by atomic mass is 32.2. The molecule has 0 aromatic carbocycles. The number of H-pyrrole nitrogens is 1. The Labute approximate surface area is 158 Å². The Bertz CT molecular complexity index is 719. The van der Waals surface area contributed by atoms with E-state index in [-0.39, 0.29) is 5.41 Å². The molecular formula is C19H27N3OS2. The summed E-state index contributed by atoms with van der Waals surface area (Å²) >= 11 is 3.59. The predicted molar refractivity (Wildman–Crippen MR) is 107 cm³/mol. The molecule has 0 bridgehead atoms. The van der Waals surface area contributed by atoms with Crippen molar-refractivity contribution in [2.45, 2.75) is 56.6 Å². The van der Waals surface area contributed by atoms with Crippen LogP contribution in [0, 0.1) is 5.41 Å². The molecule has 0 amide bonds. The van der Waals surface area contributed by atoms with Crippen molar-refractivity contribution in [3.8, 4) is 10.6 Å². The van der Waals surface area contributed by atoms with Crippen molar-refractivity contribution in [3.63, 3.8) is 0 Å². The Balaban J connectivity index is 1.81. The van der Waals surface area contributed by atoms with Crippen molar-refractivity contribution in [1.82, 2.24) is 10.2 Å². The number of rotatable bonds is 8. The van der Waals surface area contributed by atoms with Gasteiger partial charge in [-0.2, -0.15) is 5.10 Å². The molecule has 136 valence electrons. The summed E-state index contributed by atoms with van der Waals surface area (Å²) in [5, 5.41) is 7.27. The van der Waals surface area contributed by atoms with Gasteiger partial charge in [-0.1, -0.05) is 26.7 Å². The Morgan fingerprint density at radius 2 is 2.08 bits per heavy atom. The topological polar surface area (TPSA) is 71.8 Å². The van der Waals surface area contributed by atoms with E-state index < -0.39 is 0 Å². The van der Waals surface area contributed by atoms with Crippen molar-refractivity contribution < 1.29 is 4.79 Å². The maximum absolute atomic E-state index is 12.8. The number of Topliss-reactive ketones (excluding diaryl/α,β-unsaturated/α-hetero) is 1. The minimum Gasteiger partial charge on any atom is -0.330 e. The van der Waals surface area contributed by atoms with E-state index in [1.807, 2.05) is 24.0 Å². The molecule has 0 fully saturated rings. The largest absolute Gasteiger partial charge is 0.330 e. The third-order valence-corrected chi connectivity index (χ3v) is 7.22. The Kier molecular flexibility index (Phi) is 6.02. The number of thiophene rings is 1. The first-order valence-corrected chi connectivity index (χ1v) is 10.8. The zero-order valence-electron chi connectivity index (χ0n) is 15.1. The summed E-state index contributed by atoms with van der Waals surface area (Å²) in [5.41, 5.74) is 8.73. The molecule has 4 nitrogen and oxygen atoms in total. The fourth-order valence-electron chi connectivity index (χ4n) is 3.42. The lowest BCUT2D eigenvalue weighted by Crippen LogP contribution is -2.26. The fourth-order valence-corrected chi connectivity index (χ4v) is 6.11. The summed E-state index contributed by atoms with van der Waals surface area (Å²) in [7, 11) is 0. The van der Waals surface area contributed by atoms with E-state index in [2.05, 4.69) is 24.0 Å². The number of nitrogens with one attached hydrogen (secondary N) is 1. The van der Waals surface area contributed by atoms with E-state index in [1.54, 1.807) is 11.3 Å². The number of hydrogen-bond acceptors (Lipinski definition) is 5. The second kappa shape index (κ2) is 8.06. The molecule has 0 saturated carbocycles. The highest BCUT2D eigenvalue weighted by Gasteiger charge is 2.36. The molecule has 0 unspecified atom stereocenters. The van der Waals surface area contributed by atoms with E-state index in [9.17, 15) is 4.79 Å². The van der Waals surface area contributed by atoms with Crippen molar-refractivity contribution in [2.75, 3.05) is 12.3 Å². The first-order chi connectivity index (χ1) is 12.0. The van der Waals surface area contributed by atoms with Crippen LogP contribution < -0.4 is 5.73 Å². The minimum absolute atomic E-state index is 0.0281. The van der Waals surface area contributed by atoms with Crippen LogP contribution in [-0.4, -0.2) is 28.3 Å². The molecule has 6 heteroatoms. The number of carbonyl (C=O) groups excluding carboxylic acids is 1. The molecule has 1 aliphatic carbocycles. The zero-order chi connectivity index (χ0) is 17.9. The number of aromatic amines is 1. The first-order valence-electron chi connectivity index (χ1n) is 9.04. The van der Waals surface area contributed by atoms with Gasteiger partial charge in [-0.25, -0.2) is 0 Å². The van der Waals surface area contributed by atoms with Gasteiger partial charge in [0.2, 0.25) is 0 Å². The van der Waals surface area contributed by atoms with Crippen LogP contribution in [0.25, 0.3) is 10.6 Å². The molecule has 3 rings (SSSR count). The maximum Gasteiger partial charge on any atom is 0.165 e. The molecule has 25 heavy (non-hydrogen) atoms. The van der Waals surface area contributed by atoms with Gasteiger partial charge >= 0.3 is 0 Å². The minimum atomic E-state index is 0.0281. The molecule has 2 aromatic heterocycles. The lowest BCUT2D eigenvalue weighted by molar-refractivity contribution is 0.0910. The highest BCUT2D eigenvalue weighted by Crippen LogP contribution is 2.48. The van der Waals surface area contributed by atoms with E-state index in [1.165, 1.54) is 33.9 Å². The van der Waals surface area contributed by atoms with Crippen molar-refractivity contribution >= 4 is 28.9 Å². The summed E-state index contributed by atoms with van der Waals surface area (Å²) in [6, 6.07) is 2.00. The Morgan fingerprint density at radius 1 is 1.28 bits per heavy atom. The van der Waals surface area contributed by atoms with Crippen LogP contribution in [0.15, 0.2) is 16.5 Å². The van der Waals surface area contributed by atoms with Gasteiger partial charge in [0, 0.05) is 18.2 Å². The quantitative estimate of drug-likeness (QED) is 0.507. The van der Waals surface area contributed by atoms with Gasteiger partial charge in [0.1, 0.15) is 5.69 Å². The van der Waals surface area contributed by atoms with Gasteiger partial charge in [-0.15, -0.1) is 23.1 Å². The van der Waals surface area contributed by atoms with Crippen LogP contribution in [0.5, 0.6) is 0 Å². The average Bonchev–Trinajstić information content (AvgIpc) is 3.17. The third-order valence-electron chi connectivity index (χ3n) is 4.61. The summed E-state index contributed by atoms with van der Waals surface area (Å²) in [4.78, 5) is 14.0. The number of nitrogens with two attached hydrogens (primary N) is 1. The number of nitrogens with zero attached hydrogens (tertiary/aromatic N) is 1. The molecule has 0 saturated heterocycles. The summed E-state index contributed by atoms with van der Waals surface area (Å²) in [6.07, 6.45) is 8.13. The second-order valence-corrected chi connectivity index (χ2v) is 9.91. The van der Waals surface area contributed by atoms with Gasteiger partial charge in [0.25, 0.3) is 0 Å². The van der Waals surface area contributed by atoms with Crippen LogP contribution in [0.4, 0.5) is 0 Å². The lowest BCUT2D eigenvalue weighted by Gasteiger charge is -2.29. The number of aromatic nitrogens is 2. The van der Waals surface area contributed by atoms with Crippen LogP contribution >= 0.6 is 23.1 Å². The first kappa shape index (κ1) is 18.7. The van der Waals surface area contributed by atoms with E-state index in [4.69, 9.17) is 5.73 Å². The monoisotopic (exact) mass is 377 g/mol. The molecule has 0 radical (unpaired) electrons. The number of hydrogen-bond donors (Lipinski definition) is 2. The smallest absolute Gasteiger partial charge is 0.165 e. The maximum atomic E-state index is 12.8. The summed E-state index contributed by atoms with van der Waals surface area (Å²) in [6.45, 7) is 5.15. The Morgan fingerprint density at radius 3 is 2.80 bits per heavy atom. The van der Waals surface area contributed by atoms with E-state index >= 15 is 0 Å². The number of fused-ring (bicyclic) bond motifs is 1. The van der Waals surface area contributed by atoms with Crippen LogP contribution in [-0.2, 0) is 6.42 Å². The van der Waals surface area contributed by atoms with E-state index in [0.717, 1.165) is 36.4 Å². The summed E-state index contributed by atoms with van der Waals surface area (Å²) < 4.78 is 1.19. The average molecular weight is 378 g/mol. The van der Waals surface area contributed by atoms with Gasteiger partial charge in [0.15, 0.2) is 5.78 Å². The number of ketones is 1. The zero-order valence-corrected chi connectivity index (χ0v) is 16.7. The van der Waals surface area contributed by atoms with Crippen LogP contribution in [0.3, 0.4) is 0 Å². The fraction of sp³-hybridized carbons (Fsp3) is 0.579. The van der Waals surface area contributed by atoms with Gasteiger partial charge in [0.05, 0.1) is 9.09 Å². The van der Waals surface area contributed by atoms with Gasteiger partial charge in [-0.05, 0) is 48.6 Å². The van der Waals surface area contributed by atoms with Crippen molar-refractivity contribution in [3.05, 3.63) is 23.4 Å². The number of unbranched alkanes of at least 4 members (excludes halogenated alkanes) is 3. The molecule has 0 atom stereocenters. The molecule has 3 N–H and O–H groups in total. The standard InChI is InChI=1S/C19H27N3OS2/c1-19(2)11-13-16(15(23)12-19)18(24-10-6-4-3-5-8-20)25-17(13)14-7-9-21-22-14/h7,9H,3-6,8,10-12,20H2,1-2H3,(H,21,22). The molecule has 1 aliphatic rings. The lowest BCUT2D eigenvalue weighted by atomic mass is 9.74. The summed E-state index contributed by atoms with van der Waals surface area (Å²) in [5.74, 6) is 1.36. The molecule has 0 spiro atoms. The normalized spacial score (nSPS) is 16.2. The molecular weight excluding hydrogens is 350 g/mol. The molecule has 2 aromatic rings. The van der Waals surface area contributed by atoms with Gasteiger partial charge < -0.3 is 5.73 Å². The van der Waals surface area contributed by atoms with Gasteiger partial charge in [-0.3, -0.25) is 9.89 Å². The molecule has 2 heterocycles. The Hall–Kier alpha value is -1.11. The predicted octanol–water partition coefficient (Wildman–Crippen LogP) is 4.90. The van der Waals surface area contributed by atoms with Crippen molar-refractivity contribution in [1.29, 1.82) is 0 Å². The van der Waals surface area contributed by atoms with E-state index in [0.29, 0.717) is 12.2 Å². The second-order valence-electron chi connectivity index (χ2n) is 7.52. The SMILES string of the molecule is CC1(C)CC(=O)c2c(SCCCCCCN)sc(-c3cc[nH]n3)c2C1. The van der Waals surface area contributed by atoms with Crippen LogP contribution in [0.1, 0.15) is 61.9 Å². The van der Waals surface area contributed by atoms with Crippen molar-refractivity contribution in [2.24, 2.45) is 11.1 Å². The molecule has 0 aliphatic heterocycles. The number of thioether (sulfide) groups is 1. The number of carbonyl (C=O) groups is 1. The van der Waals surface area contributed by atoms with Crippen LogP contribution in [0.2, 0.25) is 0 Å².